The first-order chi connectivity index (χ1) is 12.2. The van der Waals surface area contributed by atoms with Crippen molar-refractivity contribution in [3.05, 3.63) is 78.0 Å². The van der Waals surface area contributed by atoms with Crippen LogP contribution >= 0.6 is 0 Å². The lowest BCUT2D eigenvalue weighted by atomic mass is 10.1. The Balaban J connectivity index is 1.61. The number of carbonyl (C=O) groups is 1. The minimum absolute atomic E-state index is 0.245. The zero-order chi connectivity index (χ0) is 17.2. The first-order valence-electron chi connectivity index (χ1n) is 7.81. The van der Waals surface area contributed by atoms with E-state index >= 15 is 0 Å². The number of nitrogens with zero attached hydrogens (tertiary/aromatic N) is 2. The normalized spacial score (nSPS) is 13.4. The Labute approximate surface area is 143 Å². The zero-order valence-corrected chi connectivity index (χ0v) is 13.2. The van der Waals surface area contributed by atoms with Crippen molar-refractivity contribution in [2.75, 3.05) is 6.54 Å². The molecule has 0 radical (unpaired) electrons. The summed E-state index contributed by atoms with van der Waals surface area (Å²) < 4.78 is 1.76. The highest BCUT2D eigenvalue weighted by molar-refractivity contribution is 5.89. The van der Waals surface area contributed by atoms with Gasteiger partial charge in [-0.1, -0.05) is 12.1 Å². The quantitative estimate of drug-likeness (QED) is 0.767. The Bertz CT molecular complexity index is 958. The summed E-state index contributed by atoms with van der Waals surface area (Å²) in [6.45, 7) is 0.703. The summed E-state index contributed by atoms with van der Waals surface area (Å²) in [7, 11) is 0. The van der Waals surface area contributed by atoms with Crippen molar-refractivity contribution in [1.82, 2.24) is 15.3 Å². The number of aromatic carboxylic acids is 1. The van der Waals surface area contributed by atoms with E-state index in [0.29, 0.717) is 6.54 Å². The molecule has 0 aliphatic carbocycles. The van der Waals surface area contributed by atoms with Crippen molar-refractivity contribution in [3.8, 4) is 16.9 Å². The average Bonchev–Trinajstić information content (AvgIpc) is 3.34. The van der Waals surface area contributed by atoms with Crippen molar-refractivity contribution in [1.29, 1.82) is 0 Å². The molecule has 0 amide bonds. The van der Waals surface area contributed by atoms with Gasteiger partial charge < -0.3 is 9.94 Å². The molecule has 0 saturated heterocycles. The van der Waals surface area contributed by atoms with Crippen LogP contribution in [-0.4, -0.2) is 27.4 Å². The fourth-order valence-corrected chi connectivity index (χ4v) is 2.68. The van der Waals surface area contributed by atoms with E-state index in [2.05, 4.69) is 10.6 Å². The summed E-state index contributed by atoms with van der Waals surface area (Å²) in [6.07, 6.45) is 3.83. The second kappa shape index (κ2) is 6.26. The number of aromatic nitrogens is 2. The molecule has 1 aliphatic rings. The third-order valence-electron chi connectivity index (χ3n) is 3.96. The lowest BCUT2D eigenvalue weighted by molar-refractivity contribution is 0.0697. The monoisotopic (exact) mass is 333 g/mol. The summed E-state index contributed by atoms with van der Waals surface area (Å²) in [5.41, 5.74) is 6.44. The van der Waals surface area contributed by atoms with Crippen molar-refractivity contribution in [3.63, 3.8) is 0 Å². The largest absolute Gasteiger partial charge is 0.478 e. The molecule has 2 N–H and O–H groups in total. The summed E-state index contributed by atoms with van der Waals surface area (Å²) in [4.78, 5) is 16.4. The van der Waals surface area contributed by atoms with Crippen molar-refractivity contribution in [2.45, 2.75) is 0 Å². The van der Waals surface area contributed by atoms with Crippen molar-refractivity contribution >= 4 is 11.7 Å². The van der Waals surface area contributed by atoms with Gasteiger partial charge in [0.1, 0.15) is 0 Å². The van der Waals surface area contributed by atoms with Crippen LogP contribution in [-0.2, 0) is 4.84 Å². The van der Waals surface area contributed by atoms with Gasteiger partial charge in [0.05, 0.1) is 23.5 Å². The molecule has 1 aromatic heterocycles. The Morgan fingerprint density at radius 1 is 1.12 bits per heavy atom. The number of rotatable bonds is 4. The number of nitrogens with one attached hydrogen (secondary N) is 1. The highest BCUT2D eigenvalue weighted by Gasteiger charge is 2.10. The van der Waals surface area contributed by atoms with Gasteiger partial charge in [-0.3, -0.25) is 0 Å². The predicted molar refractivity (Wildman–Crippen MR) is 93.0 cm³/mol. The SMILES string of the molecule is O=C(O)c1cccc(-c2ccn(-c3ccc(C4=CCNO4)cc3)n2)c1. The second-order valence-corrected chi connectivity index (χ2v) is 5.60. The lowest BCUT2D eigenvalue weighted by Gasteiger charge is -2.05. The lowest BCUT2D eigenvalue weighted by Crippen LogP contribution is -2.04. The number of carboxylic acid groups (broad SMARTS) is 1. The molecule has 0 saturated carbocycles. The van der Waals surface area contributed by atoms with E-state index in [4.69, 9.17) is 9.94 Å². The van der Waals surface area contributed by atoms with Gasteiger partial charge in [-0.2, -0.15) is 10.6 Å². The van der Waals surface area contributed by atoms with Gasteiger partial charge in [-0.25, -0.2) is 9.48 Å². The van der Waals surface area contributed by atoms with Gasteiger partial charge in [0.15, 0.2) is 5.76 Å². The summed E-state index contributed by atoms with van der Waals surface area (Å²) in [5.74, 6) is -0.131. The molecule has 1 aliphatic heterocycles. The summed E-state index contributed by atoms with van der Waals surface area (Å²) in [6, 6.07) is 16.5. The van der Waals surface area contributed by atoms with Gasteiger partial charge in [0.2, 0.25) is 0 Å². The van der Waals surface area contributed by atoms with Crippen molar-refractivity contribution < 1.29 is 14.7 Å². The van der Waals surface area contributed by atoms with Gasteiger partial charge in [0.25, 0.3) is 0 Å². The molecular weight excluding hydrogens is 318 g/mol. The molecule has 0 bridgehead atoms. The maximum atomic E-state index is 11.1. The maximum absolute atomic E-state index is 11.1. The van der Waals surface area contributed by atoms with Crippen LogP contribution in [0.5, 0.6) is 0 Å². The van der Waals surface area contributed by atoms with Crippen LogP contribution in [0.2, 0.25) is 0 Å². The molecule has 2 heterocycles. The number of hydrogen-bond donors (Lipinski definition) is 2. The van der Waals surface area contributed by atoms with Gasteiger partial charge in [0, 0.05) is 17.3 Å². The molecule has 0 atom stereocenters. The van der Waals surface area contributed by atoms with E-state index in [-0.39, 0.29) is 5.56 Å². The Hall–Kier alpha value is -3.38. The van der Waals surface area contributed by atoms with Gasteiger partial charge in [-0.05, 0) is 48.5 Å². The molecule has 0 spiro atoms. The number of hydroxylamine groups is 1. The number of carboxylic acids is 1. The van der Waals surface area contributed by atoms with Crippen LogP contribution in [0, 0.1) is 0 Å². The van der Waals surface area contributed by atoms with Crippen LogP contribution in [0.25, 0.3) is 22.7 Å². The van der Waals surface area contributed by atoms with E-state index in [1.54, 1.807) is 22.9 Å². The Morgan fingerprint density at radius 3 is 2.68 bits per heavy atom. The first kappa shape index (κ1) is 15.2. The van der Waals surface area contributed by atoms with Crippen LogP contribution < -0.4 is 5.48 Å². The molecule has 25 heavy (non-hydrogen) atoms. The Morgan fingerprint density at radius 2 is 1.96 bits per heavy atom. The third-order valence-corrected chi connectivity index (χ3v) is 3.96. The molecule has 3 aromatic rings. The van der Waals surface area contributed by atoms with Crippen LogP contribution in [0.1, 0.15) is 15.9 Å². The first-order valence-corrected chi connectivity index (χ1v) is 7.81. The minimum Gasteiger partial charge on any atom is -0.478 e. The zero-order valence-electron chi connectivity index (χ0n) is 13.2. The molecule has 4 rings (SSSR count). The van der Waals surface area contributed by atoms with E-state index in [1.807, 2.05) is 48.7 Å². The minimum atomic E-state index is -0.949. The molecule has 6 heteroatoms. The highest BCUT2D eigenvalue weighted by atomic mass is 16.7. The molecular formula is C19H15N3O3. The highest BCUT2D eigenvalue weighted by Crippen LogP contribution is 2.22. The van der Waals surface area contributed by atoms with E-state index in [1.165, 1.54) is 0 Å². The molecule has 2 aromatic carbocycles. The number of benzene rings is 2. The molecule has 124 valence electrons. The maximum Gasteiger partial charge on any atom is 0.335 e. The molecule has 6 nitrogen and oxygen atoms in total. The van der Waals surface area contributed by atoms with E-state index in [9.17, 15) is 4.79 Å². The van der Waals surface area contributed by atoms with Gasteiger partial charge >= 0.3 is 5.97 Å². The van der Waals surface area contributed by atoms with E-state index < -0.39 is 5.97 Å². The van der Waals surface area contributed by atoms with Crippen LogP contribution in [0.15, 0.2) is 66.9 Å². The van der Waals surface area contributed by atoms with Crippen molar-refractivity contribution in [2.24, 2.45) is 0 Å². The second-order valence-electron chi connectivity index (χ2n) is 5.60. The smallest absolute Gasteiger partial charge is 0.335 e. The van der Waals surface area contributed by atoms with Crippen LogP contribution in [0.4, 0.5) is 0 Å². The molecule has 0 unspecified atom stereocenters. The Kier molecular flexibility index (Phi) is 3.80. The fourth-order valence-electron chi connectivity index (χ4n) is 2.68. The predicted octanol–water partition coefficient (Wildman–Crippen LogP) is 3.11. The number of hydrogen-bond acceptors (Lipinski definition) is 4. The van der Waals surface area contributed by atoms with Gasteiger partial charge in [-0.15, -0.1) is 0 Å². The summed E-state index contributed by atoms with van der Waals surface area (Å²) >= 11 is 0. The standard InChI is InChI=1S/C19H15N3O3/c23-19(24)15-3-1-2-14(12-15)17-9-11-22(21-17)16-6-4-13(5-7-16)18-8-10-20-25-18/h1-9,11-12,20H,10H2,(H,23,24). The average molecular weight is 333 g/mol. The topological polar surface area (TPSA) is 76.4 Å². The van der Waals surface area contributed by atoms with E-state index in [0.717, 1.165) is 28.3 Å². The molecule has 0 fully saturated rings. The summed E-state index contributed by atoms with van der Waals surface area (Å²) in [5, 5.41) is 13.7. The van der Waals surface area contributed by atoms with Crippen LogP contribution in [0.3, 0.4) is 0 Å². The fraction of sp³-hybridized carbons (Fsp3) is 0.0526. The third kappa shape index (κ3) is 3.02.